The van der Waals surface area contributed by atoms with Crippen LogP contribution in [0.5, 0.6) is 11.5 Å². The number of phenols is 1. The van der Waals surface area contributed by atoms with Crippen LogP contribution in [0, 0.1) is 11.6 Å². The van der Waals surface area contributed by atoms with Crippen LogP contribution in [0.2, 0.25) is 0 Å². The molecule has 4 aromatic rings. The monoisotopic (exact) mass is 481 g/mol. The number of halogens is 2. The van der Waals surface area contributed by atoms with Crippen LogP contribution in [0.25, 0.3) is 27.7 Å². The molecule has 0 spiro atoms. The molecule has 1 heterocycles. The summed E-state index contributed by atoms with van der Waals surface area (Å²) in [6.45, 7) is 4.14. The third-order valence-corrected chi connectivity index (χ3v) is 5.97. The lowest BCUT2D eigenvalue weighted by Gasteiger charge is -2.28. The minimum atomic E-state index is -1.07. The van der Waals surface area contributed by atoms with Gasteiger partial charge in [0.25, 0.3) is 0 Å². The lowest BCUT2D eigenvalue weighted by molar-refractivity contribution is 0.0697. The van der Waals surface area contributed by atoms with Gasteiger partial charge in [0.2, 0.25) is 0 Å². The predicted molar refractivity (Wildman–Crippen MR) is 129 cm³/mol. The minimum absolute atomic E-state index is 0.0188. The van der Waals surface area contributed by atoms with Crippen molar-refractivity contribution in [2.45, 2.75) is 19.3 Å². The van der Waals surface area contributed by atoms with E-state index in [1.165, 1.54) is 37.4 Å². The summed E-state index contributed by atoms with van der Waals surface area (Å²) in [5.41, 5.74) is 2.08. The largest absolute Gasteiger partial charge is 0.506 e. The normalized spacial score (nSPS) is 11.7. The molecule has 0 fully saturated rings. The zero-order valence-electron chi connectivity index (χ0n) is 19.7. The Labute approximate surface area is 201 Å². The SMILES string of the molecule is COCC(C)(C)c1c(-c2ccc(F)c(OC)c2)c2cc(F)cc(O)c2n1-c1ccc(C(=O)O)cc1. The fourth-order valence-corrected chi connectivity index (χ4v) is 4.55. The number of hydrogen-bond donors (Lipinski definition) is 2. The molecule has 3 aromatic carbocycles. The molecule has 0 unspecified atom stereocenters. The molecule has 6 nitrogen and oxygen atoms in total. The highest BCUT2D eigenvalue weighted by Gasteiger charge is 2.33. The van der Waals surface area contributed by atoms with E-state index in [1.54, 1.807) is 29.9 Å². The maximum atomic E-state index is 14.6. The Kier molecular flexibility index (Phi) is 6.25. The molecular formula is C27H25F2NO5. The highest BCUT2D eigenvalue weighted by molar-refractivity contribution is 6.02. The number of nitrogens with zero attached hydrogens (tertiary/aromatic N) is 1. The Hall–Kier alpha value is -3.91. The van der Waals surface area contributed by atoms with Crippen LogP contribution < -0.4 is 4.74 Å². The Morgan fingerprint density at radius 1 is 1.03 bits per heavy atom. The third-order valence-electron chi connectivity index (χ3n) is 5.97. The van der Waals surface area contributed by atoms with Crippen molar-refractivity contribution in [3.05, 3.63) is 77.5 Å². The topological polar surface area (TPSA) is 80.9 Å². The Balaban J connectivity index is 2.19. The van der Waals surface area contributed by atoms with Gasteiger partial charge in [-0.25, -0.2) is 13.6 Å². The molecule has 0 radical (unpaired) electrons. The fraction of sp³-hybridized carbons (Fsp3) is 0.222. The van der Waals surface area contributed by atoms with Crippen LogP contribution in [-0.4, -0.2) is 41.6 Å². The zero-order chi connectivity index (χ0) is 25.5. The van der Waals surface area contributed by atoms with Gasteiger partial charge in [0.15, 0.2) is 11.6 Å². The van der Waals surface area contributed by atoms with Crippen molar-refractivity contribution in [3.8, 4) is 28.3 Å². The highest BCUT2D eigenvalue weighted by atomic mass is 19.1. The lowest BCUT2D eigenvalue weighted by atomic mass is 9.84. The van der Waals surface area contributed by atoms with Gasteiger partial charge in [0.05, 0.1) is 24.8 Å². The number of benzene rings is 3. The number of carbonyl (C=O) groups is 1. The molecule has 0 bridgehead atoms. The lowest BCUT2D eigenvalue weighted by Crippen LogP contribution is -2.27. The van der Waals surface area contributed by atoms with Crippen molar-refractivity contribution < 1.29 is 33.3 Å². The molecule has 1 aromatic heterocycles. The van der Waals surface area contributed by atoms with Crippen LogP contribution in [0.1, 0.15) is 29.9 Å². The summed E-state index contributed by atoms with van der Waals surface area (Å²) in [4.78, 5) is 11.4. The van der Waals surface area contributed by atoms with E-state index in [2.05, 4.69) is 0 Å². The van der Waals surface area contributed by atoms with Crippen LogP contribution >= 0.6 is 0 Å². The van der Waals surface area contributed by atoms with E-state index in [0.717, 1.165) is 6.07 Å². The second-order valence-corrected chi connectivity index (χ2v) is 8.90. The summed E-state index contributed by atoms with van der Waals surface area (Å²) in [7, 11) is 2.92. The molecule has 0 aliphatic rings. The van der Waals surface area contributed by atoms with Crippen LogP contribution in [0.3, 0.4) is 0 Å². The first-order valence-corrected chi connectivity index (χ1v) is 10.8. The summed E-state index contributed by atoms with van der Waals surface area (Å²) in [5, 5.41) is 20.6. The second-order valence-electron chi connectivity index (χ2n) is 8.90. The van der Waals surface area contributed by atoms with E-state index in [0.29, 0.717) is 33.4 Å². The average Bonchev–Trinajstić information content (AvgIpc) is 3.15. The van der Waals surface area contributed by atoms with Gasteiger partial charge in [0, 0.05) is 40.9 Å². The number of hydrogen-bond acceptors (Lipinski definition) is 4. The average molecular weight is 481 g/mol. The number of carboxylic acids is 1. The molecule has 0 saturated heterocycles. The summed E-state index contributed by atoms with van der Waals surface area (Å²) in [6.07, 6.45) is 0. The van der Waals surface area contributed by atoms with Gasteiger partial charge in [-0.1, -0.05) is 19.9 Å². The molecule has 0 amide bonds. The highest BCUT2D eigenvalue weighted by Crippen LogP contribution is 2.46. The second kappa shape index (κ2) is 9.03. The molecule has 0 aliphatic heterocycles. The fourth-order valence-electron chi connectivity index (χ4n) is 4.55. The van der Waals surface area contributed by atoms with Crippen LogP contribution in [0.15, 0.2) is 54.6 Å². The number of fused-ring (bicyclic) bond motifs is 1. The van der Waals surface area contributed by atoms with E-state index in [4.69, 9.17) is 9.47 Å². The van der Waals surface area contributed by atoms with E-state index >= 15 is 0 Å². The number of carboxylic acid groups (broad SMARTS) is 1. The number of phenolic OH excluding ortho intramolecular Hbond substituents is 1. The Bertz CT molecular complexity index is 1420. The predicted octanol–water partition coefficient (Wildman–Crippen LogP) is 5.91. The summed E-state index contributed by atoms with van der Waals surface area (Å²) in [5.74, 6) is -2.53. The number of methoxy groups -OCH3 is 2. The van der Waals surface area contributed by atoms with E-state index in [-0.39, 0.29) is 23.7 Å². The zero-order valence-corrected chi connectivity index (χ0v) is 19.7. The Morgan fingerprint density at radius 3 is 2.31 bits per heavy atom. The molecule has 0 saturated carbocycles. The summed E-state index contributed by atoms with van der Waals surface area (Å²) in [6, 6.07) is 12.8. The standard InChI is InChI=1S/C27H25F2NO5/c1-27(2,14-34-3)25-23(16-7-10-20(29)22(11-16)35-4)19-12-17(28)13-21(31)24(19)30(25)18-8-5-15(6-9-18)26(32)33/h5-13,31H,14H2,1-4H3,(H,32,33). The summed E-state index contributed by atoms with van der Waals surface area (Å²) < 4.78 is 41.3. The van der Waals surface area contributed by atoms with Gasteiger partial charge in [0.1, 0.15) is 11.6 Å². The molecule has 2 N–H and O–H groups in total. The maximum Gasteiger partial charge on any atom is 0.335 e. The number of ether oxygens (including phenoxy) is 2. The van der Waals surface area contributed by atoms with Gasteiger partial charge in [-0.2, -0.15) is 0 Å². The molecule has 182 valence electrons. The van der Waals surface area contributed by atoms with Crippen molar-refractivity contribution in [1.29, 1.82) is 0 Å². The first kappa shape index (κ1) is 24.2. The first-order chi connectivity index (χ1) is 16.6. The molecule has 0 aliphatic carbocycles. The van der Waals surface area contributed by atoms with Crippen molar-refractivity contribution >= 4 is 16.9 Å². The number of aromatic nitrogens is 1. The molecular weight excluding hydrogens is 456 g/mol. The van der Waals surface area contributed by atoms with Crippen molar-refractivity contribution in [1.82, 2.24) is 4.57 Å². The molecule has 8 heteroatoms. The number of aromatic carboxylic acids is 1. The van der Waals surface area contributed by atoms with Gasteiger partial charge in [-0.05, 0) is 48.0 Å². The first-order valence-electron chi connectivity index (χ1n) is 10.8. The van der Waals surface area contributed by atoms with Crippen LogP contribution in [-0.2, 0) is 10.2 Å². The van der Waals surface area contributed by atoms with Crippen molar-refractivity contribution in [2.24, 2.45) is 0 Å². The molecule has 35 heavy (non-hydrogen) atoms. The van der Waals surface area contributed by atoms with E-state index in [9.17, 15) is 23.8 Å². The quantitative estimate of drug-likeness (QED) is 0.343. The maximum absolute atomic E-state index is 14.6. The van der Waals surface area contributed by atoms with Crippen LogP contribution in [0.4, 0.5) is 8.78 Å². The van der Waals surface area contributed by atoms with E-state index in [1.807, 2.05) is 13.8 Å². The minimum Gasteiger partial charge on any atom is -0.506 e. The van der Waals surface area contributed by atoms with Gasteiger partial charge < -0.3 is 24.3 Å². The van der Waals surface area contributed by atoms with Gasteiger partial charge >= 0.3 is 5.97 Å². The van der Waals surface area contributed by atoms with Gasteiger partial charge in [-0.3, -0.25) is 0 Å². The number of aromatic hydroxyl groups is 1. The summed E-state index contributed by atoms with van der Waals surface area (Å²) >= 11 is 0. The van der Waals surface area contributed by atoms with Crippen molar-refractivity contribution in [3.63, 3.8) is 0 Å². The molecule has 0 atom stereocenters. The molecule has 4 rings (SSSR count). The Morgan fingerprint density at radius 2 is 1.71 bits per heavy atom. The number of rotatable bonds is 7. The van der Waals surface area contributed by atoms with E-state index < -0.39 is 23.0 Å². The smallest absolute Gasteiger partial charge is 0.335 e. The third kappa shape index (κ3) is 4.21. The van der Waals surface area contributed by atoms with Crippen molar-refractivity contribution in [2.75, 3.05) is 20.8 Å². The van der Waals surface area contributed by atoms with Gasteiger partial charge in [-0.15, -0.1) is 0 Å².